The monoisotopic (exact) mass is 393 g/mol. The summed E-state index contributed by atoms with van der Waals surface area (Å²) in [6, 6.07) is 1.04. The van der Waals surface area contributed by atoms with Gasteiger partial charge in [-0.15, -0.1) is 0 Å². The highest BCUT2D eigenvalue weighted by Crippen LogP contribution is 2.33. The van der Waals surface area contributed by atoms with Crippen molar-refractivity contribution in [1.29, 1.82) is 0 Å². The summed E-state index contributed by atoms with van der Waals surface area (Å²) in [5, 5.41) is 0. The van der Waals surface area contributed by atoms with Crippen molar-refractivity contribution in [3.8, 4) is 0 Å². The van der Waals surface area contributed by atoms with E-state index in [1.807, 2.05) is 0 Å². The van der Waals surface area contributed by atoms with Crippen LogP contribution in [0.1, 0.15) is 38.5 Å². The summed E-state index contributed by atoms with van der Waals surface area (Å²) in [4.78, 5) is 0. The minimum atomic E-state index is -2.24. The second-order valence-corrected chi connectivity index (χ2v) is 22.5. The maximum atomic E-state index is 6.58. The van der Waals surface area contributed by atoms with Crippen LogP contribution in [0.15, 0.2) is 0 Å². The van der Waals surface area contributed by atoms with Gasteiger partial charge >= 0.3 is 34.2 Å². The molecule has 0 unspecified atom stereocenters. The largest absolute Gasteiger partial charge is 0.416 e. The molecule has 1 fully saturated rings. The summed E-state index contributed by atoms with van der Waals surface area (Å²) in [6.07, 6.45) is 7.29. The third-order valence-electron chi connectivity index (χ3n) is 3.79. The molecule has 0 aromatic carbocycles. The molecule has 0 aromatic rings. The van der Waals surface area contributed by atoms with E-state index in [0.29, 0.717) is 0 Å². The van der Waals surface area contributed by atoms with Crippen molar-refractivity contribution >= 4 is 34.2 Å². The van der Waals surface area contributed by atoms with Crippen LogP contribution in [0.25, 0.3) is 0 Å². The van der Waals surface area contributed by atoms with E-state index in [-0.39, 0.29) is 0 Å². The van der Waals surface area contributed by atoms with Gasteiger partial charge < -0.3 is 16.5 Å². The van der Waals surface area contributed by atoms with Crippen LogP contribution in [-0.2, 0) is 16.5 Å². The first-order valence-corrected chi connectivity index (χ1v) is 20.0. The Morgan fingerprint density at radius 3 is 1.43 bits per heavy atom. The number of rotatable bonds is 7. The highest BCUT2D eigenvalue weighted by molar-refractivity contribution is 6.93. The highest BCUT2D eigenvalue weighted by Gasteiger charge is 2.51. The van der Waals surface area contributed by atoms with E-state index in [2.05, 4.69) is 52.8 Å². The van der Waals surface area contributed by atoms with Gasteiger partial charge in [0, 0.05) is 0 Å². The first-order chi connectivity index (χ1) is 10.4. The summed E-state index contributed by atoms with van der Waals surface area (Å²) >= 11 is 0. The maximum Gasteiger partial charge on any atom is 0.317 e. The molecule has 1 aliphatic rings. The Balaban J connectivity index is 2.67. The molecule has 137 valence electrons. The van der Waals surface area contributed by atoms with Crippen LogP contribution in [0.4, 0.5) is 0 Å². The number of hydrogen-bond donors (Lipinski definition) is 0. The minimum Gasteiger partial charge on any atom is -0.416 e. The Kier molecular flexibility index (Phi) is 7.94. The molecule has 0 spiro atoms. The van der Waals surface area contributed by atoms with Gasteiger partial charge in [-0.3, -0.25) is 0 Å². The van der Waals surface area contributed by atoms with E-state index in [1.54, 1.807) is 0 Å². The lowest BCUT2D eigenvalue weighted by atomic mass is 10.1. The Morgan fingerprint density at radius 1 is 0.565 bits per heavy atom. The zero-order valence-electron chi connectivity index (χ0n) is 16.3. The Labute approximate surface area is 148 Å². The van der Waals surface area contributed by atoms with Gasteiger partial charge in [-0.25, -0.2) is 0 Å². The van der Waals surface area contributed by atoms with E-state index < -0.39 is 34.2 Å². The molecular weight excluding hydrogens is 357 g/mol. The lowest BCUT2D eigenvalue weighted by molar-refractivity contribution is 0.233. The summed E-state index contributed by atoms with van der Waals surface area (Å²) < 4.78 is 25.9. The van der Waals surface area contributed by atoms with Crippen LogP contribution < -0.4 is 0 Å². The van der Waals surface area contributed by atoms with Crippen LogP contribution >= 0.6 is 0 Å². The van der Waals surface area contributed by atoms with Crippen LogP contribution in [0.2, 0.25) is 51.9 Å². The van der Waals surface area contributed by atoms with E-state index in [0.717, 1.165) is 12.5 Å². The molecule has 1 radical (unpaired) electrons. The average Bonchev–Trinajstić information content (AvgIpc) is 2.27. The third kappa shape index (κ3) is 8.57. The molecule has 1 saturated heterocycles. The molecule has 0 atom stereocenters. The number of hydrogen-bond acceptors (Lipinski definition) is 4. The molecule has 4 nitrogen and oxygen atoms in total. The van der Waals surface area contributed by atoms with Gasteiger partial charge in [-0.05, 0) is 51.9 Å². The first kappa shape index (κ1) is 21.7. The topological polar surface area (TPSA) is 36.9 Å². The summed E-state index contributed by atoms with van der Waals surface area (Å²) in [5.74, 6) is 0. The summed E-state index contributed by atoms with van der Waals surface area (Å²) in [5.41, 5.74) is 0. The van der Waals surface area contributed by atoms with Crippen molar-refractivity contribution in [2.45, 2.75) is 90.4 Å². The zero-order chi connectivity index (χ0) is 17.8. The SMILES string of the molecule is [CH2]CCCCCCC[Si]1(C)O[Si](C)(C)O[Si](C)(C)O[Si](C)(C)O1. The van der Waals surface area contributed by atoms with Gasteiger partial charge in [0.05, 0.1) is 0 Å². The second kappa shape index (κ2) is 8.39. The van der Waals surface area contributed by atoms with E-state index in [1.165, 1.54) is 32.1 Å². The van der Waals surface area contributed by atoms with E-state index in [9.17, 15) is 0 Å². The van der Waals surface area contributed by atoms with Crippen molar-refractivity contribution in [2.75, 3.05) is 0 Å². The molecule has 1 rings (SSSR count). The molecule has 0 amide bonds. The standard InChI is InChI=1S/C15H37O4Si4/c1-9-10-11-12-13-14-15-23(8)18-21(4,5)16-20(2,3)17-22(6,7)19-23/h1,9-15H2,2-8H3. The van der Waals surface area contributed by atoms with Crippen molar-refractivity contribution in [2.24, 2.45) is 0 Å². The molecular formula is C15H37O4Si4. The second-order valence-electron chi connectivity index (χ2n) is 8.11. The van der Waals surface area contributed by atoms with Crippen molar-refractivity contribution < 1.29 is 16.5 Å². The van der Waals surface area contributed by atoms with Crippen LogP contribution in [0.3, 0.4) is 0 Å². The molecule has 0 bridgehead atoms. The normalized spacial score (nSPS) is 25.6. The molecule has 0 saturated carbocycles. The van der Waals surface area contributed by atoms with Gasteiger partial charge in [-0.1, -0.05) is 45.4 Å². The van der Waals surface area contributed by atoms with E-state index >= 15 is 0 Å². The van der Waals surface area contributed by atoms with Crippen LogP contribution in [0.5, 0.6) is 0 Å². The molecule has 23 heavy (non-hydrogen) atoms. The molecule has 1 heterocycles. The third-order valence-corrected chi connectivity index (χ3v) is 20.3. The predicted molar refractivity (Wildman–Crippen MR) is 106 cm³/mol. The van der Waals surface area contributed by atoms with Crippen molar-refractivity contribution in [3.05, 3.63) is 6.92 Å². The van der Waals surface area contributed by atoms with Crippen molar-refractivity contribution in [1.82, 2.24) is 0 Å². The van der Waals surface area contributed by atoms with Gasteiger partial charge in [0.25, 0.3) is 0 Å². The quantitative estimate of drug-likeness (QED) is 0.427. The van der Waals surface area contributed by atoms with Crippen LogP contribution in [-0.4, -0.2) is 34.2 Å². The Morgan fingerprint density at radius 2 is 0.957 bits per heavy atom. The van der Waals surface area contributed by atoms with Crippen LogP contribution in [0, 0.1) is 6.92 Å². The zero-order valence-corrected chi connectivity index (χ0v) is 20.3. The minimum absolute atomic E-state index is 1.04. The van der Waals surface area contributed by atoms with Gasteiger partial charge in [-0.2, -0.15) is 0 Å². The lowest BCUT2D eigenvalue weighted by Crippen LogP contribution is -2.64. The van der Waals surface area contributed by atoms with Gasteiger partial charge in [0.15, 0.2) is 0 Å². The maximum absolute atomic E-state index is 6.58. The smallest absolute Gasteiger partial charge is 0.317 e. The average molecular weight is 394 g/mol. The number of unbranched alkanes of at least 4 members (excludes halogenated alkanes) is 5. The molecule has 0 N–H and O–H groups in total. The van der Waals surface area contributed by atoms with Gasteiger partial charge in [0.1, 0.15) is 0 Å². The van der Waals surface area contributed by atoms with E-state index in [4.69, 9.17) is 16.5 Å². The fourth-order valence-electron chi connectivity index (χ4n) is 3.56. The Hall–Kier alpha value is 0.708. The fraction of sp³-hybridized carbons (Fsp3) is 0.933. The predicted octanol–water partition coefficient (Wildman–Crippen LogP) is 5.42. The summed E-state index contributed by atoms with van der Waals surface area (Å²) in [7, 11) is -8.81. The fourth-order valence-corrected chi connectivity index (χ4v) is 25.2. The lowest BCUT2D eigenvalue weighted by Gasteiger charge is -2.47. The Bertz CT molecular complexity index is 352. The molecule has 0 aliphatic carbocycles. The molecule has 1 aliphatic heterocycles. The highest BCUT2D eigenvalue weighted by atomic mass is 28.5. The molecule has 0 aromatic heterocycles. The van der Waals surface area contributed by atoms with Gasteiger partial charge in [0.2, 0.25) is 0 Å². The van der Waals surface area contributed by atoms with Crippen molar-refractivity contribution in [3.63, 3.8) is 0 Å². The first-order valence-electron chi connectivity index (χ1n) is 8.99. The summed E-state index contributed by atoms with van der Waals surface area (Å²) in [6.45, 7) is 18.9. The molecule has 8 heteroatoms.